The van der Waals surface area contributed by atoms with Gasteiger partial charge in [0.2, 0.25) is 21.8 Å². The summed E-state index contributed by atoms with van der Waals surface area (Å²) in [5, 5.41) is 2.86. The minimum Gasteiger partial charge on any atom is -0.350 e. The minimum atomic E-state index is -3.60. The molecule has 0 spiro atoms. The maximum absolute atomic E-state index is 12.9. The molecular weight excluding hydrogens is 398 g/mol. The summed E-state index contributed by atoms with van der Waals surface area (Å²) in [5.41, 5.74) is 0.0849. The van der Waals surface area contributed by atoms with Crippen LogP contribution in [0.4, 0.5) is 5.69 Å². The lowest BCUT2D eigenvalue weighted by Gasteiger charge is -2.26. The van der Waals surface area contributed by atoms with Crippen LogP contribution in [-0.4, -0.2) is 55.5 Å². The molecule has 0 radical (unpaired) electrons. The normalized spacial score (nSPS) is 18.7. The maximum atomic E-state index is 12.9. The number of anilines is 1. The van der Waals surface area contributed by atoms with Crippen LogP contribution in [0.15, 0.2) is 28.0 Å². The maximum Gasteiger partial charge on any atom is 0.243 e. The summed E-state index contributed by atoms with van der Waals surface area (Å²) in [4.78, 5) is 27.5. The van der Waals surface area contributed by atoms with Crippen LogP contribution in [0.2, 0.25) is 0 Å². The third kappa shape index (κ3) is 4.69. The van der Waals surface area contributed by atoms with E-state index in [1.807, 2.05) is 20.8 Å². The van der Waals surface area contributed by atoms with Crippen LogP contribution in [0.25, 0.3) is 0 Å². The van der Waals surface area contributed by atoms with E-state index in [1.54, 1.807) is 18.2 Å². The second kappa shape index (κ2) is 8.04. The topological polar surface area (TPSA) is 86.8 Å². The highest BCUT2D eigenvalue weighted by Crippen LogP contribution is 2.37. The molecule has 1 aromatic carbocycles. The molecule has 0 saturated carbocycles. The van der Waals surface area contributed by atoms with Crippen LogP contribution in [0.3, 0.4) is 0 Å². The molecule has 0 atom stereocenters. The SMILES string of the molecule is CC(C)(C)NC(=O)CN1C(=O)CCSc2ccc(S(=O)(=O)N3CCCC3)cc21. The number of sulfonamides is 1. The first-order valence-electron chi connectivity index (χ1n) is 9.46. The predicted octanol–water partition coefficient (Wildman–Crippen LogP) is 2.21. The Hall–Kier alpha value is -1.58. The zero-order chi connectivity index (χ0) is 20.5. The van der Waals surface area contributed by atoms with E-state index in [9.17, 15) is 18.0 Å². The third-order valence-corrected chi connectivity index (χ3v) is 7.57. The van der Waals surface area contributed by atoms with Gasteiger partial charge in [-0.05, 0) is 51.8 Å². The molecule has 9 heteroatoms. The van der Waals surface area contributed by atoms with Gasteiger partial charge in [0.25, 0.3) is 0 Å². The molecule has 7 nitrogen and oxygen atoms in total. The van der Waals surface area contributed by atoms with Crippen molar-refractivity contribution in [1.82, 2.24) is 9.62 Å². The highest BCUT2D eigenvalue weighted by molar-refractivity contribution is 7.99. The van der Waals surface area contributed by atoms with Crippen LogP contribution in [0.5, 0.6) is 0 Å². The van der Waals surface area contributed by atoms with Gasteiger partial charge in [-0.2, -0.15) is 4.31 Å². The van der Waals surface area contributed by atoms with Gasteiger partial charge in [-0.15, -0.1) is 11.8 Å². The molecule has 1 saturated heterocycles. The van der Waals surface area contributed by atoms with Gasteiger partial charge in [0.15, 0.2) is 0 Å². The number of fused-ring (bicyclic) bond motifs is 1. The molecule has 2 amide bonds. The van der Waals surface area contributed by atoms with Crippen molar-refractivity contribution in [3.8, 4) is 0 Å². The van der Waals surface area contributed by atoms with Crippen molar-refractivity contribution < 1.29 is 18.0 Å². The molecule has 2 aliphatic rings. The molecule has 154 valence electrons. The zero-order valence-electron chi connectivity index (χ0n) is 16.5. The Labute approximate surface area is 170 Å². The number of amides is 2. The highest BCUT2D eigenvalue weighted by Gasteiger charge is 2.31. The van der Waals surface area contributed by atoms with E-state index in [-0.39, 0.29) is 23.3 Å². The number of hydrogen-bond acceptors (Lipinski definition) is 5. The van der Waals surface area contributed by atoms with Crippen LogP contribution in [-0.2, 0) is 19.6 Å². The number of rotatable bonds is 4. The van der Waals surface area contributed by atoms with Gasteiger partial charge in [0, 0.05) is 35.7 Å². The van der Waals surface area contributed by atoms with Crippen molar-refractivity contribution in [2.75, 3.05) is 30.3 Å². The van der Waals surface area contributed by atoms with E-state index in [1.165, 1.54) is 21.0 Å². The fourth-order valence-corrected chi connectivity index (χ4v) is 5.88. The van der Waals surface area contributed by atoms with Crippen LogP contribution < -0.4 is 10.2 Å². The van der Waals surface area contributed by atoms with Crippen molar-refractivity contribution >= 4 is 39.3 Å². The Morgan fingerprint density at radius 3 is 2.54 bits per heavy atom. The number of carbonyl (C=O) groups is 2. The van der Waals surface area contributed by atoms with Crippen molar-refractivity contribution in [2.45, 2.75) is 55.4 Å². The smallest absolute Gasteiger partial charge is 0.243 e. The number of nitrogens with zero attached hydrogens (tertiary/aromatic N) is 2. The van der Waals surface area contributed by atoms with Gasteiger partial charge in [-0.1, -0.05) is 0 Å². The Balaban J connectivity index is 1.95. The molecule has 2 aliphatic heterocycles. The quantitative estimate of drug-likeness (QED) is 0.799. The van der Waals surface area contributed by atoms with Gasteiger partial charge < -0.3 is 10.2 Å². The summed E-state index contributed by atoms with van der Waals surface area (Å²) in [5.74, 6) is 0.152. The zero-order valence-corrected chi connectivity index (χ0v) is 18.2. The van der Waals surface area contributed by atoms with E-state index in [2.05, 4.69) is 5.32 Å². The highest BCUT2D eigenvalue weighted by atomic mass is 32.2. The molecule has 1 fully saturated rings. The van der Waals surface area contributed by atoms with Gasteiger partial charge in [-0.3, -0.25) is 9.59 Å². The molecular formula is C19H27N3O4S2. The van der Waals surface area contributed by atoms with Gasteiger partial charge >= 0.3 is 0 Å². The van der Waals surface area contributed by atoms with Crippen molar-refractivity contribution in [3.05, 3.63) is 18.2 Å². The number of thioether (sulfide) groups is 1. The summed E-state index contributed by atoms with van der Waals surface area (Å²) in [6, 6.07) is 4.89. The van der Waals surface area contributed by atoms with Crippen LogP contribution in [0, 0.1) is 0 Å². The number of carbonyl (C=O) groups excluding carboxylic acids is 2. The van der Waals surface area contributed by atoms with Gasteiger partial charge in [0.05, 0.1) is 10.6 Å². The first kappa shape index (κ1) is 21.1. The lowest BCUT2D eigenvalue weighted by Crippen LogP contribution is -2.47. The van der Waals surface area contributed by atoms with Gasteiger partial charge in [-0.25, -0.2) is 8.42 Å². The molecule has 0 unspecified atom stereocenters. The van der Waals surface area contributed by atoms with Crippen molar-refractivity contribution in [3.63, 3.8) is 0 Å². The van der Waals surface area contributed by atoms with Crippen molar-refractivity contribution in [2.24, 2.45) is 0 Å². The average Bonchev–Trinajstić information content (AvgIpc) is 3.09. The average molecular weight is 426 g/mol. The Bertz CT molecular complexity index is 872. The standard InChI is InChI=1S/C19H27N3O4S2/c1-19(2,3)20-17(23)13-22-15-12-14(28(25,26)21-9-4-5-10-21)6-7-16(15)27-11-8-18(22)24/h6-7,12H,4-5,8-11,13H2,1-3H3,(H,20,23). The molecule has 2 heterocycles. The van der Waals surface area contributed by atoms with E-state index >= 15 is 0 Å². The number of nitrogens with one attached hydrogen (secondary N) is 1. The molecule has 3 rings (SSSR count). The molecule has 0 aliphatic carbocycles. The van der Waals surface area contributed by atoms with E-state index in [0.29, 0.717) is 31.0 Å². The molecule has 0 bridgehead atoms. The Morgan fingerprint density at radius 2 is 1.89 bits per heavy atom. The fraction of sp³-hybridized carbons (Fsp3) is 0.579. The van der Waals surface area contributed by atoms with Gasteiger partial charge in [0.1, 0.15) is 6.54 Å². The third-order valence-electron chi connectivity index (χ3n) is 4.61. The van der Waals surface area contributed by atoms with Crippen LogP contribution >= 0.6 is 11.8 Å². The summed E-state index contributed by atoms with van der Waals surface area (Å²) in [7, 11) is -3.60. The molecule has 28 heavy (non-hydrogen) atoms. The summed E-state index contributed by atoms with van der Waals surface area (Å²) in [6.45, 7) is 6.53. The monoisotopic (exact) mass is 425 g/mol. The molecule has 1 aromatic rings. The largest absolute Gasteiger partial charge is 0.350 e. The summed E-state index contributed by atoms with van der Waals surface area (Å²) in [6.07, 6.45) is 2.02. The lowest BCUT2D eigenvalue weighted by molar-refractivity contribution is -0.124. The Kier molecular flexibility index (Phi) is 6.07. The second-order valence-electron chi connectivity index (χ2n) is 8.12. The Morgan fingerprint density at radius 1 is 1.21 bits per heavy atom. The van der Waals surface area contributed by atoms with E-state index < -0.39 is 15.6 Å². The minimum absolute atomic E-state index is 0.128. The molecule has 0 aromatic heterocycles. The first-order chi connectivity index (χ1) is 13.1. The first-order valence-corrected chi connectivity index (χ1v) is 11.9. The number of benzene rings is 1. The number of hydrogen-bond donors (Lipinski definition) is 1. The predicted molar refractivity (Wildman–Crippen MR) is 110 cm³/mol. The second-order valence-corrected chi connectivity index (χ2v) is 11.2. The summed E-state index contributed by atoms with van der Waals surface area (Å²) >= 11 is 1.51. The van der Waals surface area contributed by atoms with Crippen molar-refractivity contribution in [1.29, 1.82) is 0 Å². The summed E-state index contributed by atoms with van der Waals surface area (Å²) < 4.78 is 27.4. The lowest BCUT2D eigenvalue weighted by atomic mass is 10.1. The fourth-order valence-electron chi connectivity index (χ4n) is 3.36. The molecule has 1 N–H and O–H groups in total. The van der Waals surface area contributed by atoms with E-state index in [0.717, 1.165) is 17.7 Å². The van der Waals surface area contributed by atoms with E-state index in [4.69, 9.17) is 0 Å². The van der Waals surface area contributed by atoms with Crippen LogP contribution in [0.1, 0.15) is 40.0 Å².